The molecule has 0 atom stereocenters. The zero-order chi connectivity index (χ0) is 20.1. The summed E-state index contributed by atoms with van der Waals surface area (Å²) in [6, 6.07) is 8.29. The first-order valence-electron chi connectivity index (χ1n) is 8.19. The molecule has 0 aliphatic heterocycles. The number of aromatic nitrogens is 4. The molecule has 0 saturated carbocycles. The van der Waals surface area contributed by atoms with Gasteiger partial charge in [-0.2, -0.15) is 15.1 Å². The highest BCUT2D eigenvalue weighted by Gasteiger charge is 2.23. The van der Waals surface area contributed by atoms with E-state index in [-0.39, 0.29) is 29.1 Å². The fraction of sp³-hybridized carbons (Fsp3) is 0.222. The molecule has 1 N–H and O–H groups in total. The lowest BCUT2D eigenvalue weighted by atomic mass is 10.0. The van der Waals surface area contributed by atoms with Gasteiger partial charge in [0, 0.05) is 25.9 Å². The fourth-order valence-electron chi connectivity index (χ4n) is 2.41. The number of nitrogens with one attached hydrogen (secondary N) is 1. The highest BCUT2D eigenvalue weighted by atomic mass is 16.7. The van der Waals surface area contributed by atoms with Crippen molar-refractivity contribution in [1.29, 1.82) is 0 Å². The fourth-order valence-corrected chi connectivity index (χ4v) is 2.41. The summed E-state index contributed by atoms with van der Waals surface area (Å²) in [5.41, 5.74) is 1.36. The van der Waals surface area contributed by atoms with Gasteiger partial charge < -0.3 is 19.0 Å². The van der Waals surface area contributed by atoms with Crippen molar-refractivity contribution in [3.8, 4) is 34.8 Å². The molecule has 1 aromatic carbocycles. The van der Waals surface area contributed by atoms with E-state index in [2.05, 4.69) is 20.2 Å². The van der Waals surface area contributed by atoms with Gasteiger partial charge >= 0.3 is 12.0 Å². The standard InChI is InChI=1S/C18H19N5O5/c1-23(2)28-17(24)16-11(12-8-9-19-22-12)6-5-7-13(16)27-18-20-14(25-3)10-15(21-18)26-4/h5-10H,1-4H3,(H,19,22). The van der Waals surface area contributed by atoms with Crippen molar-refractivity contribution in [2.24, 2.45) is 0 Å². The number of aromatic amines is 1. The smallest absolute Gasteiger partial charge is 0.361 e. The van der Waals surface area contributed by atoms with Gasteiger partial charge in [0.1, 0.15) is 11.3 Å². The van der Waals surface area contributed by atoms with Crippen molar-refractivity contribution in [3.05, 3.63) is 42.1 Å². The first-order valence-corrected chi connectivity index (χ1v) is 8.19. The molecule has 0 aliphatic rings. The summed E-state index contributed by atoms with van der Waals surface area (Å²) in [5, 5.41) is 8.06. The summed E-state index contributed by atoms with van der Waals surface area (Å²) < 4.78 is 16.1. The third kappa shape index (κ3) is 4.18. The maximum atomic E-state index is 12.8. The molecular formula is C18H19N5O5. The predicted molar refractivity (Wildman–Crippen MR) is 98.3 cm³/mol. The molecule has 0 saturated heterocycles. The van der Waals surface area contributed by atoms with Crippen molar-refractivity contribution in [3.63, 3.8) is 0 Å². The van der Waals surface area contributed by atoms with Crippen LogP contribution in [0.4, 0.5) is 0 Å². The van der Waals surface area contributed by atoms with Crippen molar-refractivity contribution < 1.29 is 23.8 Å². The summed E-state index contributed by atoms with van der Waals surface area (Å²) in [6.07, 6.45) is 1.58. The van der Waals surface area contributed by atoms with Crippen molar-refractivity contribution in [1.82, 2.24) is 25.2 Å². The Kier molecular flexibility index (Phi) is 5.70. The molecule has 0 amide bonds. The van der Waals surface area contributed by atoms with Crippen LogP contribution in [0.5, 0.6) is 23.5 Å². The topological polar surface area (TPSA) is 112 Å². The number of ether oxygens (including phenoxy) is 3. The Bertz CT molecular complexity index is 937. The number of methoxy groups -OCH3 is 2. The molecule has 3 rings (SSSR count). The van der Waals surface area contributed by atoms with E-state index in [4.69, 9.17) is 19.0 Å². The maximum absolute atomic E-state index is 12.8. The highest BCUT2D eigenvalue weighted by Crippen LogP contribution is 2.33. The lowest BCUT2D eigenvalue weighted by molar-refractivity contribution is -0.0714. The first-order chi connectivity index (χ1) is 13.5. The molecule has 28 heavy (non-hydrogen) atoms. The predicted octanol–water partition coefficient (Wildman–Crippen LogP) is 2.31. The number of H-pyrrole nitrogens is 1. The average molecular weight is 385 g/mol. The van der Waals surface area contributed by atoms with Crippen molar-refractivity contribution >= 4 is 5.97 Å². The minimum Gasteiger partial charge on any atom is -0.481 e. The van der Waals surface area contributed by atoms with Crippen LogP contribution in [0.3, 0.4) is 0 Å². The molecule has 0 fully saturated rings. The van der Waals surface area contributed by atoms with Gasteiger partial charge in [0.2, 0.25) is 11.8 Å². The van der Waals surface area contributed by atoms with Crippen LogP contribution in [0.25, 0.3) is 11.3 Å². The Morgan fingerprint density at radius 2 is 1.79 bits per heavy atom. The molecule has 146 valence electrons. The molecule has 0 spiro atoms. The van der Waals surface area contributed by atoms with Gasteiger partial charge in [-0.05, 0) is 12.1 Å². The molecule has 2 heterocycles. The molecule has 2 aromatic heterocycles. The minimum absolute atomic E-state index is 0.0446. The van der Waals surface area contributed by atoms with Crippen LogP contribution >= 0.6 is 0 Å². The lowest BCUT2D eigenvalue weighted by Gasteiger charge is -2.16. The number of hydroxylamine groups is 2. The van der Waals surface area contributed by atoms with Gasteiger partial charge in [0.05, 0.1) is 26.0 Å². The maximum Gasteiger partial charge on any atom is 0.361 e. The monoisotopic (exact) mass is 385 g/mol. The summed E-state index contributed by atoms with van der Waals surface area (Å²) >= 11 is 0. The van der Waals surface area contributed by atoms with E-state index in [1.54, 1.807) is 44.6 Å². The van der Waals surface area contributed by atoms with E-state index in [9.17, 15) is 4.79 Å². The molecule has 10 heteroatoms. The number of rotatable bonds is 7. The molecule has 3 aromatic rings. The van der Waals surface area contributed by atoms with E-state index in [0.29, 0.717) is 11.3 Å². The van der Waals surface area contributed by atoms with E-state index in [1.807, 2.05) is 0 Å². The van der Waals surface area contributed by atoms with Gasteiger partial charge in [0.15, 0.2) is 0 Å². The lowest BCUT2D eigenvalue weighted by Crippen LogP contribution is -2.19. The number of hydrogen-bond acceptors (Lipinski definition) is 9. The van der Waals surface area contributed by atoms with E-state index in [0.717, 1.165) is 0 Å². The normalized spacial score (nSPS) is 10.6. The zero-order valence-electron chi connectivity index (χ0n) is 15.8. The average Bonchev–Trinajstić information content (AvgIpc) is 3.21. The van der Waals surface area contributed by atoms with Gasteiger partial charge in [-0.15, -0.1) is 5.06 Å². The van der Waals surface area contributed by atoms with Crippen LogP contribution in [-0.4, -0.2) is 59.5 Å². The van der Waals surface area contributed by atoms with Crippen LogP contribution in [0, 0.1) is 0 Å². The van der Waals surface area contributed by atoms with E-state index < -0.39 is 5.97 Å². The second-order valence-corrected chi connectivity index (χ2v) is 5.68. The molecule has 10 nitrogen and oxygen atoms in total. The van der Waals surface area contributed by atoms with Gasteiger partial charge in [0.25, 0.3) is 0 Å². The van der Waals surface area contributed by atoms with Gasteiger partial charge in [-0.3, -0.25) is 5.10 Å². The Balaban J connectivity index is 2.08. The second kappa shape index (κ2) is 8.35. The second-order valence-electron chi connectivity index (χ2n) is 5.68. The van der Waals surface area contributed by atoms with Crippen molar-refractivity contribution in [2.75, 3.05) is 28.3 Å². The van der Waals surface area contributed by atoms with Crippen LogP contribution < -0.4 is 14.2 Å². The number of nitrogens with zero attached hydrogens (tertiary/aromatic N) is 4. The largest absolute Gasteiger partial charge is 0.481 e. The quantitative estimate of drug-likeness (QED) is 0.612. The SMILES string of the molecule is COc1cc(OC)nc(Oc2cccc(-c3ccn[nH]3)c2C(=O)ON(C)C)n1. The number of benzene rings is 1. The highest BCUT2D eigenvalue weighted by molar-refractivity contribution is 5.99. The Hall–Kier alpha value is -3.66. The molecule has 0 aliphatic carbocycles. The Morgan fingerprint density at radius 1 is 1.07 bits per heavy atom. The van der Waals surface area contributed by atoms with Crippen LogP contribution in [-0.2, 0) is 4.84 Å². The third-order valence-electron chi connectivity index (χ3n) is 3.56. The summed E-state index contributed by atoms with van der Waals surface area (Å²) in [6.45, 7) is 0. The number of carbonyl (C=O) groups is 1. The van der Waals surface area contributed by atoms with Crippen LogP contribution in [0.15, 0.2) is 36.5 Å². The Morgan fingerprint density at radius 3 is 2.36 bits per heavy atom. The van der Waals surface area contributed by atoms with E-state index in [1.165, 1.54) is 25.3 Å². The number of carbonyl (C=O) groups excluding carboxylic acids is 1. The number of hydrogen-bond donors (Lipinski definition) is 1. The van der Waals surface area contributed by atoms with Crippen molar-refractivity contribution in [2.45, 2.75) is 0 Å². The first kappa shape index (κ1) is 19.1. The summed E-state index contributed by atoms with van der Waals surface area (Å²) in [4.78, 5) is 26.3. The van der Waals surface area contributed by atoms with Crippen LogP contribution in [0.2, 0.25) is 0 Å². The zero-order valence-corrected chi connectivity index (χ0v) is 15.8. The molecular weight excluding hydrogens is 366 g/mol. The van der Waals surface area contributed by atoms with Gasteiger partial charge in [-0.1, -0.05) is 12.1 Å². The van der Waals surface area contributed by atoms with Crippen LogP contribution in [0.1, 0.15) is 10.4 Å². The molecule has 0 radical (unpaired) electrons. The minimum atomic E-state index is -0.611. The summed E-state index contributed by atoms with van der Waals surface area (Å²) in [5.74, 6) is 0.0994. The van der Waals surface area contributed by atoms with E-state index >= 15 is 0 Å². The Labute approximate surface area is 161 Å². The molecule has 0 bridgehead atoms. The summed E-state index contributed by atoms with van der Waals surface area (Å²) in [7, 11) is 6.13. The third-order valence-corrected chi connectivity index (χ3v) is 3.56. The molecule has 0 unspecified atom stereocenters. The van der Waals surface area contributed by atoms with Gasteiger partial charge in [-0.25, -0.2) is 4.79 Å².